The Balaban J connectivity index is 2.10. The highest BCUT2D eigenvalue weighted by Gasteiger charge is 2.11. The van der Waals surface area contributed by atoms with Gasteiger partial charge in [-0.1, -0.05) is 29.8 Å². The largest absolute Gasteiger partial charge is 0.333 e. The second-order valence-corrected chi connectivity index (χ2v) is 5.27. The van der Waals surface area contributed by atoms with Gasteiger partial charge in [-0.2, -0.15) is 0 Å². The van der Waals surface area contributed by atoms with E-state index >= 15 is 0 Å². The zero-order chi connectivity index (χ0) is 13.1. The van der Waals surface area contributed by atoms with Crippen molar-refractivity contribution in [1.29, 1.82) is 0 Å². The molecule has 0 unspecified atom stereocenters. The van der Waals surface area contributed by atoms with Gasteiger partial charge in [0.15, 0.2) is 0 Å². The summed E-state index contributed by atoms with van der Waals surface area (Å²) in [5.41, 5.74) is 9.50. The number of aryl methyl sites for hydroxylation is 2. The van der Waals surface area contributed by atoms with Crippen molar-refractivity contribution < 1.29 is 0 Å². The van der Waals surface area contributed by atoms with E-state index in [-0.39, 0.29) is 0 Å². The molecule has 0 aliphatic carbocycles. The quantitative estimate of drug-likeness (QED) is 0.944. The maximum atomic E-state index is 5.65. The maximum absolute atomic E-state index is 5.65. The van der Waals surface area contributed by atoms with Crippen molar-refractivity contribution in [1.82, 2.24) is 9.55 Å². The first-order valence-corrected chi connectivity index (χ1v) is 6.86. The molecule has 0 aliphatic heterocycles. The van der Waals surface area contributed by atoms with Gasteiger partial charge in [0.25, 0.3) is 0 Å². The molecule has 2 rings (SSSR count). The van der Waals surface area contributed by atoms with Crippen LogP contribution in [0.3, 0.4) is 0 Å². The average molecular weight is 308 g/mol. The van der Waals surface area contributed by atoms with Crippen LogP contribution in [0, 0.1) is 6.92 Å². The van der Waals surface area contributed by atoms with Crippen LogP contribution in [0.15, 0.2) is 28.9 Å². The summed E-state index contributed by atoms with van der Waals surface area (Å²) in [5.74, 6) is 0.917. The summed E-state index contributed by atoms with van der Waals surface area (Å²) in [5, 5.41) is 0. The van der Waals surface area contributed by atoms with Gasteiger partial charge < -0.3 is 10.3 Å². The normalized spacial score (nSPS) is 10.9. The molecule has 0 fully saturated rings. The van der Waals surface area contributed by atoms with Gasteiger partial charge >= 0.3 is 0 Å². The Hall–Kier alpha value is -1.13. The summed E-state index contributed by atoms with van der Waals surface area (Å²) in [6, 6.07) is 8.67. The molecular weight excluding hydrogens is 290 g/mol. The van der Waals surface area contributed by atoms with Crippen molar-refractivity contribution in [3.8, 4) is 0 Å². The Bertz CT molecular complexity index is 529. The minimum atomic E-state index is 0.472. The average Bonchev–Trinajstić information content (AvgIpc) is 2.64. The number of nitrogens with two attached hydrogens (primary N) is 1. The highest BCUT2D eigenvalue weighted by atomic mass is 79.9. The van der Waals surface area contributed by atoms with Gasteiger partial charge in [0.1, 0.15) is 10.4 Å². The predicted molar refractivity (Wildman–Crippen MR) is 77.4 cm³/mol. The number of hydrogen-bond acceptors (Lipinski definition) is 2. The summed E-state index contributed by atoms with van der Waals surface area (Å²) in [4.78, 5) is 4.41. The molecule has 1 aromatic heterocycles. The highest BCUT2D eigenvalue weighted by Crippen LogP contribution is 2.19. The van der Waals surface area contributed by atoms with Crippen molar-refractivity contribution in [2.45, 2.75) is 26.3 Å². The molecular formula is C14H18BrN3. The van der Waals surface area contributed by atoms with Crippen molar-refractivity contribution in [2.75, 3.05) is 0 Å². The van der Waals surface area contributed by atoms with Gasteiger partial charge in [0, 0.05) is 7.05 Å². The molecule has 96 valence electrons. The van der Waals surface area contributed by atoms with Crippen LogP contribution in [0.4, 0.5) is 0 Å². The first-order valence-electron chi connectivity index (χ1n) is 6.07. The van der Waals surface area contributed by atoms with Crippen LogP contribution in [-0.2, 0) is 26.4 Å². The molecule has 0 bridgehead atoms. The molecule has 0 saturated heterocycles. The van der Waals surface area contributed by atoms with Crippen LogP contribution < -0.4 is 5.73 Å². The SMILES string of the molecule is Cc1ccc(CCc2c(Br)nc(CN)n2C)cc1. The predicted octanol–water partition coefficient (Wildman–Crippen LogP) is 2.73. The van der Waals surface area contributed by atoms with Gasteiger partial charge in [-0.3, -0.25) is 0 Å². The lowest BCUT2D eigenvalue weighted by molar-refractivity contribution is 0.739. The van der Waals surface area contributed by atoms with Crippen LogP contribution in [0.5, 0.6) is 0 Å². The summed E-state index contributed by atoms with van der Waals surface area (Å²) < 4.78 is 3.00. The van der Waals surface area contributed by atoms with E-state index in [1.165, 1.54) is 16.8 Å². The van der Waals surface area contributed by atoms with E-state index in [2.05, 4.69) is 56.7 Å². The van der Waals surface area contributed by atoms with Gasteiger partial charge in [-0.05, 0) is 41.3 Å². The van der Waals surface area contributed by atoms with E-state index in [9.17, 15) is 0 Å². The second-order valence-electron chi connectivity index (χ2n) is 4.51. The summed E-state index contributed by atoms with van der Waals surface area (Å²) in [6.07, 6.45) is 1.98. The summed E-state index contributed by atoms with van der Waals surface area (Å²) in [6.45, 7) is 2.58. The van der Waals surface area contributed by atoms with E-state index in [0.717, 1.165) is 23.3 Å². The fraction of sp³-hybridized carbons (Fsp3) is 0.357. The lowest BCUT2D eigenvalue weighted by atomic mass is 10.1. The third kappa shape index (κ3) is 2.82. The smallest absolute Gasteiger partial charge is 0.127 e. The van der Waals surface area contributed by atoms with E-state index < -0.39 is 0 Å². The first kappa shape index (κ1) is 13.3. The fourth-order valence-electron chi connectivity index (χ4n) is 2.02. The number of aromatic nitrogens is 2. The summed E-state index contributed by atoms with van der Waals surface area (Å²) >= 11 is 3.51. The van der Waals surface area contributed by atoms with E-state index in [1.807, 2.05) is 7.05 Å². The maximum Gasteiger partial charge on any atom is 0.127 e. The molecule has 0 amide bonds. The zero-order valence-electron chi connectivity index (χ0n) is 10.8. The van der Waals surface area contributed by atoms with Crippen LogP contribution in [-0.4, -0.2) is 9.55 Å². The van der Waals surface area contributed by atoms with Crippen molar-refractivity contribution >= 4 is 15.9 Å². The van der Waals surface area contributed by atoms with Crippen LogP contribution in [0.2, 0.25) is 0 Å². The lowest BCUT2D eigenvalue weighted by Gasteiger charge is -2.06. The molecule has 0 saturated carbocycles. The molecule has 2 aromatic rings. The Labute approximate surface area is 116 Å². The number of imidazole rings is 1. The fourth-order valence-corrected chi connectivity index (χ4v) is 2.69. The van der Waals surface area contributed by atoms with Gasteiger partial charge in [-0.25, -0.2) is 4.98 Å². The Morgan fingerprint density at radius 2 is 1.89 bits per heavy atom. The monoisotopic (exact) mass is 307 g/mol. The molecule has 1 aromatic carbocycles. The molecule has 0 spiro atoms. The number of hydrogen-bond donors (Lipinski definition) is 1. The van der Waals surface area contributed by atoms with Gasteiger partial charge in [0.2, 0.25) is 0 Å². The minimum Gasteiger partial charge on any atom is -0.333 e. The second kappa shape index (κ2) is 5.67. The molecule has 3 nitrogen and oxygen atoms in total. The molecule has 0 atom stereocenters. The molecule has 18 heavy (non-hydrogen) atoms. The molecule has 0 aliphatic rings. The van der Waals surface area contributed by atoms with Crippen LogP contribution >= 0.6 is 15.9 Å². The standard InChI is InChI=1S/C14H18BrN3/c1-10-3-5-11(6-4-10)7-8-12-14(15)17-13(9-16)18(12)2/h3-6H,7-9,16H2,1-2H3. The number of nitrogens with zero attached hydrogens (tertiary/aromatic N) is 2. The topological polar surface area (TPSA) is 43.8 Å². The Kier molecular flexibility index (Phi) is 4.19. The van der Waals surface area contributed by atoms with E-state index in [0.29, 0.717) is 6.54 Å². The third-order valence-corrected chi connectivity index (χ3v) is 3.85. The third-order valence-electron chi connectivity index (χ3n) is 3.21. The van der Waals surface area contributed by atoms with E-state index in [4.69, 9.17) is 5.73 Å². The number of halogens is 1. The van der Waals surface area contributed by atoms with Crippen LogP contribution in [0.1, 0.15) is 22.6 Å². The summed E-state index contributed by atoms with van der Waals surface area (Å²) in [7, 11) is 2.02. The van der Waals surface area contributed by atoms with Crippen molar-refractivity contribution in [2.24, 2.45) is 12.8 Å². The van der Waals surface area contributed by atoms with E-state index in [1.54, 1.807) is 0 Å². The molecule has 0 radical (unpaired) electrons. The van der Waals surface area contributed by atoms with Gasteiger partial charge in [0.05, 0.1) is 12.2 Å². The zero-order valence-corrected chi connectivity index (χ0v) is 12.4. The van der Waals surface area contributed by atoms with Crippen molar-refractivity contribution in [3.63, 3.8) is 0 Å². The minimum absolute atomic E-state index is 0.472. The molecule has 1 heterocycles. The number of benzene rings is 1. The Morgan fingerprint density at radius 3 is 2.44 bits per heavy atom. The van der Waals surface area contributed by atoms with Gasteiger partial charge in [-0.15, -0.1) is 0 Å². The lowest BCUT2D eigenvalue weighted by Crippen LogP contribution is -2.07. The molecule has 2 N–H and O–H groups in total. The van der Waals surface area contributed by atoms with Crippen LogP contribution in [0.25, 0.3) is 0 Å². The highest BCUT2D eigenvalue weighted by molar-refractivity contribution is 9.10. The molecule has 4 heteroatoms. The number of rotatable bonds is 4. The first-order chi connectivity index (χ1) is 8.61. The Morgan fingerprint density at radius 1 is 1.22 bits per heavy atom. The van der Waals surface area contributed by atoms with Crippen molar-refractivity contribution in [3.05, 3.63) is 51.5 Å².